The van der Waals surface area contributed by atoms with Gasteiger partial charge in [-0.2, -0.15) is 0 Å². The lowest BCUT2D eigenvalue weighted by molar-refractivity contribution is -0.111. The van der Waals surface area contributed by atoms with Gasteiger partial charge in [0.15, 0.2) is 11.5 Å². The molecule has 0 saturated carbocycles. The Labute approximate surface area is 154 Å². The number of benzene rings is 2. The second-order valence-electron chi connectivity index (χ2n) is 5.50. The standard InChI is InChI=1S/C19H15N3O3S/c23-17(9-6-13-4-2-1-3-5-13)20-19-22-21-18(26-19)14-7-8-15-16(12-14)25-11-10-24-15/h1-9,12H,10-11H2,(H,20,22,23)/b9-6+. The minimum Gasteiger partial charge on any atom is -0.486 e. The molecule has 26 heavy (non-hydrogen) atoms. The Morgan fingerprint density at radius 3 is 2.69 bits per heavy atom. The van der Waals surface area contributed by atoms with Gasteiger partial charge in [0.25, 0.3) is 0 Å². The summed E-state index contributed by atoms with van der Waals surface area (Å²) in [5.74, 6) is 1.17. The molecule has 130 valence electrons. The van der Waals surface area contributed by atoms with Gasteiger partial charge in [0.2, 0.25) is 11.0 Å². The van der Waals surface area contributed by atoms with E-state index in [1.165, 1.54) is 17.4 Å². The van der Waals surface area contributed by atoms with Crippen LogP contribution in [0.5, 0.6) is 11.5 Å². The molecule has 1 aromatic heterocycles. The zero-order valence-electron chi connectivity index (χ0n) is 13.7. The van der Waals surface area contributed by atoms with Crippen LogP contribution in [0.25, 0.3) is 16.6 Å². The Balaban J connectivity index is 1.45. The van der Waals surface area contributed by atoms with Crippen LogP contribution < -0.4 is 14.8 Å². The summed E-state index contributed by atoms with van der Waals surface area (Å²) in [5.41, 5.74) is 1.82. The first-order chi connectivity index (χ1) is 12.8. The van der Waals surface area contributed by atoms with Gasteiger partial charge in [-0.3, -0.25) is 10.1 Å². The zero-order valence-corrected chi connectivity index (χ0v) is 14.5. The van der Waals surface area contributed by atoms with Gasteiger partial charge in [-0.25, -0.2) is 0 Å². The van der Waals surface area contributed by atoms with Gasteiger partial charge >= 0.3 is 0 Å². The van der Waals surface area contributed by atoms with E-state index in [0.717, 1.165) is 16.9 Å². The van der Waals surface area contributed by atoms with Gasteiger partial charge in [0, 0.05) is 11.6 Å². The number of amides is 1. The minimum atomic E-state index is -0.251. The van der Waals surface area contributed by atoms with E-state index in [9.17, 15) is 4.79 Å². The molecule has 0 radical (unpaired) electrons. The fraction of sp³-hybridized carbons (Fsp3) is 0.105. The summed E-state index contributed by atoms with van der Waals surface area (Å²) in [5, 5.41) is 12.0. The summed E-state index contributed by atoms with van der Waals surface area (Å²) in [6.45, 7) is 1.08. The smallest absolute Gasteiger partial charge is 0.250 e. The Kier molecular flexibility index (Phi) is 4.61. The van der Waals surface area contributed by atoms with Crippen molar-refractivity contribution in [2.24, 2.45) is 0 Å². The molecule has 0 spiro atoms. The molecule has 0 fully saturated rings. The summed E-state index contributed by atoms with van der Waals surface area (Å²) >= 11 is 1.30. The summed E-state index contributed by atoms with van der Waals surface area (Å²) in [6, 6.07) is 15.2. The third-order valence-corrected chi connectivity index (χ3v) is 4.56. The van der Waals surface area contributed by atoms with Crippen molar-refractivity contribution >= 4 is 28.5 Å². The Hall–Kier alpha value is -3.19. The lowest BCUT2D eigenvalue weighted by Gasteiger charge is -2.18. The van der Waals surface area contributed by atoms with Gasteiger partial charge in [-0.1, -0.05) is 41.7 Å². The van der Waals surface area contributed by atoms with Crippen LogP contribution in [0.2, 0.25) is 0 Å². The molecule has 0 bridgehead atoms. The fourth-order valence-corrected chi connectivity index (χ4v) is 3.19. The first kappa shape index (κ1) is 16.3. The summed E-state index contributed by atoms with van der Waals surface area (Å²) in [4.78, 5) is 12.0. The maximum Gasteiger partial charge on any atom is 0.250 e. The summed E-state index contributed by atoms with van der Waals surface area (Å²) in [7, 11) is 0. The lowest BCUT2D eigenvalue weighted by Crippen LogP contribution is -2.15. The molecule has 3 aromatic rings. The van der Waals surface area contributed by atoms with Crippen molar-refractivity contribution < 1.29 is 14.3 Å². The van der Waals surface area contributed by atoms with E-state index < -0.39 is 0 Å². The van der Waals surface area contributed by atoms with Crippen molar-refractivity contribution in [3.8, 4) is 22.1 Å². The molecular weight excluding hydrogens is 350 g/mol. The highest BCUT2D eigenvalue weighted by atomic mass is 32.1. The van der Waals surface area contributed by atoms with Crippen LogP contribution in [0, 0.1) is 0 Å². The first-order valence-electron chi connectivity index (χ1n) is 8.05. The van der Waals surface area contributed by atoms with Crippen LogP contribution in [0.4, 0.5) is 5.13 Å². The molecule has 4 rings (SSSR count). The van der Waals surface area contributed by atoms with Crippen molar-refractivity contribution in [3.05, 3.63) is 60.2 Å². The van der Waals surface area contributed by atoms with E-state index in [0.29, 0.717) is 29.1 Å². The molecular formula is C19H15N3O3S. The van der Waals surface area contributed by atoms with Crippen molar-refractivity contribution in [1.29, 1.82) is 0 Å². The molecule has 1 aliphatic rings. The lowest BCUT2D eigenvalue weighted by atomic mass is 10.2. The van der Waals surface area contributed by atoms with Crippen LogP contribution in [0.3, 0.4) is 0 Å². The third kappa shape index (κ3) is 3.73. The second kappa shape index (κ2) is 7.37. The second-order valence-corrected chi connectivity index (χ2v) is 6.48. The molecule has 2 aromatic carbocycles. The fourth-order valence-electron chi connectivity index (χ4n) is 2.45. The van der Waals surface area contributed by atoms with Crippen LogP contribution in [0.15, 0.2) is 54.6 Å². The highest BCUT2D eigenvalue weighted by molar-refractivity contribution is 7.18. The zero-order chi connectivity index (χ0) is 17.8. The molecule has 0 saturated heterocycles. The molecule has 0 aliphatic carbocycles. The minimum absolute atomic E-state index is 0.251. The van der Waals surface area contributed by atoms with E-state index in [1.807, 2.05) is 48.5 Å². The Morgan fingerprint density at radius 1 is 1.04 bits per heavy atom. The summed E-state index contributed by atoms with van der Waals surface area (Å²) < 4.78 is 11.1. The van der Waals surface area contributed by atoms with Crippen LogP contribution in [0.1, 0.15) is 5.56 Å². The SMILES string of the molecule is O=C(/C=C/c1ccccc1)Nc1nnc(-c2ccc3c(c2)OCCO3)s1. The molecule has 2 heterocycles. The third-order valence-electron chi connectivity index (χ3n) is 3.67. The van der Waals surface area contributed by atoms with E-state index in [2.05, 4.69) is 15.5 Å². The van der Waals surface area contributed by atoms with Crippen LogP contribution in [-0.4, -0.2) is 29.3 Å². The molecule has 7 heteroatoms. The van der Waals surface area contributed by atoms with Crippen molar-refractivity contribution in [2.45, 2.75) is 0 Å². The van der Waals surface area contributed by atoms with Crippen LogP contribution >= 0.6 is 11.3 Å². The highest BCUT2D eigenvalue weighted by Gasteiger charge is 2.15. The topological polar surface area (TPSA) is 73.3 Å². The number of hydrogen-bond donors (Lipinski definition) is 1. The molecule has 1 N–H and O–H groups in total. The van der Waals surface area contributed by atoms with E-state index in [-0.39, 0.29) is 5.91 Å². The van der Waals surface area contributed by atoms with Gasteiger partial charge < -0.3 is 9.47 Å². The van der Waals surface area contributed by atoms with E-state index in [4.69, 9.17) is 9.47 Å². The number of hydrogen-bond acceptors (Lipinski definition) is 6. The van der Waals surface area contributed by atoms with Gasteiger partial charge in [-0.15, -0.1) is 10.2 Å². The normalized spacial score (nSPS) is 12.9. The van der Waals surface area contributed by atoms with Crippen molar-refractivity contribution in [1.82, 2.24) is 10.2 Å². The Bertz CT molecular complexity index is 954. The number of ether oxygens (including phenoxy) is 2. The quantitative estimate of drug-likeness (QED) is 0.715. The van der Waals surface area contributed by atoms with Gasteiger partial charge in [0.1, 0.15) is 18.2 Å². The van der Waals surface area contributed by atoms with Crippen molar-refractivity contribution in [3.63, 3.8) is 0 Å². The number of nitrogens with zero attached hydrogens (tertiary/aromatic N) is 2. The number of aromatic nitrogens is 2. The molecule has 0 atom stereocenters. The highest BCUT2D eigenvalue weighted by Crippen LogP contribution is 2.36. The van der Waals surface area contributed by atoms with Gasteiger partial charge in [-0.05, 0) is 29.8 Å². The predicted octanol–water partition coefficient (Wildman–Crippen LogP) is 3.63. The number of carbonyl (C=O) groups is 1. The molecule has 6 nitrogen and oxygen atoms in total. The number of carbonyl (C=O) groups excluding carboxylic acids is 1. The number of anilines is 1. The number of nitrogens with one attached hydrogen (secondary N) is 1. The monoisotopic (exact) mass is 365 g/mol. The van der Waals surface area contributed by atoms with E-state index >= 15 is 0 Å². The maximum atomic E-state index is 12.0. The largest absolute Gasteiger partial charge is 0.486 e. The average Bonchev–Trinajstić information content (AvgIpc) is 3.15. The Morgan fingerprint density at radius 2 is 1.85 bits per heavy atom. The van der Waals surface area contributed by atoms with E-state index in [1.54, 1.807) is 6.08 Å². The molecule has 1 amide bonds. The molecule has 0 unspecified atom stereocenters. The average molecular weight is 365 g/mol. The predicted molar refractivity (Wildman–Crippen MR) is 100 cm³/mol. The first-order valence-corrected chi connectivity index (χ1v) is 8.87. The number of fused-ring (bicyclic) bond motifs is 1. The summed E-state index contributed by atoms with van der Waals surface area (Å²) in [6.07, 6.45) is 3.22. The van der Waals surface area contributed by atoms with Gasteiger partial charge in [0.05, 0.1) is 0 Å². The van der Waals surface area contributed by atoms with Crippen molar-refractivity contribution in [2.75, 3.05) is 18.5 Å². The molecule has 1 aliphatic heterocycles. The maximum absolute atomic E-state index is 12.0. The number of rotatable bonds is 4. The van der Waals surface area contributed by atoms with Crippen LogP contribution in [-0.2, 0) is 4.79 Å².